The Balaban J connectivity index is 1.66. The first-order valence-corrected chi connectivity index (χ1v) is 9.86. The van der Waals surface area contributed by atoms with Crippen molar-refractivity contribution >= 4 is 34.8 Å². The molecule has 148 valence electrons. The monoisotopic (exact) mass is 408 g/mol. The Morgan fingerprint density at radius 3 is 2.55 bits per heavy atom. The zero-order chi connectivity index (χ0) is 20.5. The van der Waals surface area contributed by atoms with E-state index in [-0.39, 0.29) is 11.8 Å². The van der Waals surface area contributed by atoms with Gasteiger partial charge in [0.25, 0.3) is 5.91 Å². The lowest BCUT2D eigenvalue weighted by Gasteiger charge is -2.09. The summed E-state index contributed by atoms with van der Waals surface area (Å²) in [4.78, 5) is 24.3. The van der Waals surface area contributed by atoms with Crippen LogP contribution in [0.25, 0.3) is 5.69 Å². The van der Waals surface area contributed by atoms with Gasteiger partial charge >= 0.3 is 0 Å². The van der Waals surface area contributed by atoms with Crippen molar-refractivity contribution < 1.29 is 9.59 Å². The van der Waals surface area contributed by atoms with E-state index in [1.165, 1.54) is 12.5 Å². The lowest BCUT2D eigenvalue weighted by atomic mass is 10.2. The van der Waals surface area contributed by atoms with Crippen molar-refractivity contribution in [1.29, 1.82) is 0 Å². The van der Waals surface area contributed by atoms with Crippen molar-refractivity contribution in [3.8, 4) is 5.69 Å². The van der Waals surface area contributed by atoms with E-state index < -0.39 is 0 Å². The Bertz CT molecular complexity index is 1100. The first kappa shape index (κ1) is 19.2. The third-order valence-electron chi connectivity index (χ3n) is 4.96. The van der Waals surface area contributed by atoms with Crippen LogP contribution in [0.4, 0.5) is 11.4 Å². The van der Waals surface area contributed by atoms with Gasteiger partial charge in [-0.05, 0) is 56.5 Å². The summed E-state index contributed by atoms with van der Waals surface area (Å²) in [5.41, 5.74) is 5.59. The van der Waals surface area contributed by atoms with Crippen molar-refractivity contribution in [2.24, 2.45) is 0 Å². The molecule has 0 atom stereocenters. The second-order valence-corrected chi connectivity index (χ2v) is 7.61. The van der Waals surface area contributed by atoms with Crippen LogP contribution < -0.4 is 10.6 Å². The van der Waals surface area contributed by atoms with Crippen LogP contribution in [0.3, 0.4) is 0 Å². The lowest BCUT2D eigenvalue weighted by molar-refractivity contribution is -0.114. The normalized spacial score (nSPS) is 12.5. The molecule has 0 unspecified atom stereocenters. The summed E-state index contributed by atoms with van der Waals surface area (Å²) in [7, 11) is 0. The number of fused-ring (bicyclic) bond motifs is 1. The fourth-order valence-electron chi connectivity index (χ4n) is 3.60. The molecule has 4 rings (SSSR count). The molecule has 0 saturated heterocycles. The van der Waals surface area contributed by atoms with Gasteiger partial charge in [-0.15, -0.1) is 0 Å². The zero-order valence-corrected chi connectivity index (χ0v) is 17.0. The SMILES string of the molecule is CC(=O)Nc1ccc(Cl)c(NC(=O)c2nn(-c3ccc(C)cc3)c3c2CCC3)c1. The van der Waals surface area contributed by atoms with E-state index in [1.807, 2.05) is 35.9 Å². The molecule has 0 aliphatic heterocycles. The van der Waals surface area contributed by atoms with Crippen molar-refractivity contribution in [3.63, 3.8) is 0 Å². The van der Waals surface area contributed by atoms with Crippen LogP contribution in [-0.2, 0) is 17.6 Å². The van der Waals surface area contributed by atoms with Crippen molar-refractivity contribution in [2.45, 2.75) is 33.1 Å². The second kappa shape index (κ2) is 7.72. The molecule has 0 bridgehead atoms. The van der Waals surface area contributed by atoms with E-state index in [9.17, 15) is 9.59 Å². The fourth-order valence-corrected chi connectivity index (χ4v) is 3.77. The van der Waals surface area contributed by atoms with Crippen LogP contribution in [-0.4, -0.2) is 21.6 Å². The smallest absolute Gasteiger partial charge is 0.276 e. The number of hydrogen-bond acceptors (Lipinski definition) is 3. The van der Waals surface area contributed by atoms with E-state index in [0.717, 1.165) is 36.2 Å². The minimum atomic E-state index is -0.309. The molecule has 29 heavy (non-hydrogen) atoms. The maximum absolute atomic E-state index is 13.0. The number of nitrogens with zero attached hydrogens (tertiary/aromatic N) is 2. The van der Waals surface area contributed by atoms with Crippen LogP contribution in [0, 0.1) is 6.92 Å². The largest absolute Gasteiger partial charge is 0.326 e. The van der Waals surface area contributed by atoms with Crippen LogP contribution in [0.2, 0.25) is 5.02 Å². The standard InChI is InChI=1S/C22H21ClN4O2/c1-13-6-9-16(10-7-13)27-20-5-3-4-17(20)21(26-27)22(29)25-19-12-15(24-14(2)28)8-11-18(19)23/h6-12H,3-5H2,1-2H3,(H,24,28)(H,25,29). The van der Waals surface area contributed by atoms with Gasteiger partial charge in [0.1, 0.15) is 0 Å². The molecule has 1 aliphatic carbocycles. The highest BCUT2D eigenvalue weighted by Gasteiger charge is 2.27. The number of hydrogen-bond donors (Lipinski definition) is 2. The van der Waals surface area contributed by atoms with E-state index in [0.29, 0.717) is 22.1 Å². The van der Waals surface area contributed by atoms with Crippen molar-refractivity contribution in [1.82, 2.24) is 9.78 Å². The molecule has 1 aliphatic rings. The number of carbonyl (C=O) groups excluding carboxylic acids is 2. The van der Waals surface area contributed by atoms with Gasteiger partial charge < -0.3 is 10.6 Å². The summed E-state index contributed by atoms with van der Waals surface area (Å²) in [6.07, 6.45) is 2.71. The molecule has 2 aromatic carbocycles. The number of amides is 2. The van der Waals surface area contributed by atoms with Gasteiger partial charge in [-0.1, -0.05) is 29.3 Å². The molecule has 1 aromatic heterocycles. The first-order valence-electron chi connectivity index (χ1n) is 9.48. The number of aromatic nitrogens is 2. The highest BCUT2D eigenvalue weighted by molar-refractivity contribution is 6.34. The average Bonchev–Trinajstić information content (AvgIpc) is 3.27. The average molecular weight is 409 g/mol. The molecular weight excluding hydrogens is 388 g/mol. The molecule has 2 N–H and O–H groups in total. The van der Waals surface area contributed by atoms with Crippen LogP contribution in [0.1, 0.15) is 40.7 Å². The Morgan fingerprint density at radius 1 is 1.07 bits per heavy atom. The number of halogens is 1. The van der Waals surface area contributed by atoms with Crippen LogP contribution >= 0.6 is 11.6 Å². The van der Waals surface area contributed by atoms with Gasteiger partial charge in [0.05, 0.1) is 16.4 Å². The molecule has 3 aromatic rings. The van der Waals surface area contributed by atoms with Gasteiger partial charge in [0.2, 0.25) is 5.91 Å². The Morgan fingerprint density at radius 2 is 1.83 bits per heavy atom. The first-order chi connectivity index (χ1) is 13.9. The zero-order valence-electron chi connectivity index (χ0n) is 16.3. The highest BCUT2D eigenvalue weighted by Crippen LogP contribution is 2.30. The number of rotatable bonds is 4. The molecule has 7 heteroatoms. The van der Waals surface area contributed by atoms with Crippen molar-refractivity contribution in [2.75, 3.05) is 10.6 Å². The van der Waals surface area contributed by atoms with Crippen molar-refractivity contribution in [3.05, 3.63) is 70.0 Å². The quantitative estimate of drug-likeness (QED) is 0.665. The summed E-state index contributed by atoms with van der Waals surface area (Å²) >= 11 is 6.24. The fraction of sp³-hybridized carbons (Fsp3) is 0.227. The third kappa shape index (κ3) is 3.89. The number of nitrogens with one attached hydrogen (secondary N) is 2. The van der Waals surface area contributed by atoms with Crippen LogP contribution in [0.15, 0.2) is 42.5 Å². The predicted molar refractivity (Wildman–Crippen MR) is 114 cm³/mol. The van der Waals surface area contributed by atoms with Gasteiger partial charge in [0.15, 0.2) is 5.69 Å². The highest BCUT2D eigenvalue weighted by atomic mass is 35.5. The van der Waals surface area contributed by atoms with Gasteiger partial charge in [-0.3, -0.25) is 9.59 Å². The Hall–Kier alpha value is -3.12. The second-order valence-electron chi connectivity index (χ2n) is 7.20. The minimum Gasteiger partial charge on any atom is -0.326 e. The summed E-state index contributed by atoms with van der Waals surface area (Å²) in [5, 5.41) is 10.5. The summed E-state index contributed by atoms with van der Waals surface area (Å²) in [5.74, 6) is -0.504. The summed E-state index contributed by atoms with van der Waals surface area (Å²) < 4.78 is 1.87. The predicted octanol–water partition coefficient (Wildman–Crippen LogP) is 4.53. The maximum Gasteiger partial charge on any atom is 0.276 e. The van der Waals surface area contributed by atoms with Crippen LogP contribution in [0.5, 0.6) is 0 Å². The van der Waals surface area contributed by atoms with E-state index in [4.69, 9.17) is 11.6 Å². The Labute approximate surface area is 173 Å². The number of carbonyl (C=O) groups is 2. The molecule has 0 spiro atoms. The minimum absolute atomic E-state index is 0.195. The number of aryl methyl sites for hydroxylation is 1. The van der Waals surface area contributed by atoms with Gasteiger partial charge in [0, 0.05) is 23.9 Å². The maximum atomic E-state index is 13.0. The molecule has 1 heterocycles. The molecule has 6 nitrogen and oxygen atoms in total. The van der Waals surface area contributed by atoms with Gasteiger partial charge in [-0.25, -0.2) is 4.68 Å². The molecule has 2 amide bonds. The summed E-state index contributed by atoms with van der Waals surface area (Å²) in [6, 6.07) is 13.0. The molecular formula is C22H21ClN4O2. The number of anilines is 2. The van der Waals surface area contributed by atoms with E-state index in [2.05, 4.69) is 15.7 Å². The Kier molecular flexibility index (Phi) is 5.11. The summed E-state index contributed by atoms with van der Waals surface area (Å²) in [6.45, 7) is 3.46. The van der Waals surface area contributed by atoms with E-state index >= 15 is 0 Å². The van der Waals surface area contributed by atoms with Gasteiger partial charge in [-0.2, -0.15) is 5.10 Å². The molecule has 0 fully saturated rings. The molecule has 0 radical (unpaired) electrons. The topological polar surface area (TPSA) is 76.0 Å². The third-order valence-corrected chi connectivity index (χ3v) is 5.29. The molecule has 0 saturated carbocycles. The lowest BCUT2D eigenvalue weighted by Crippen LogP contribution is -2.15. The van der Waals surface area contributed by atoms with E-state index in [1.54, 1.807) is 18.2 Å². The number of benzene rings is 2.